The maximum Gasteiger partial charge on any atom is 0.573 e. The second-order valence-electron chi connectivity index (χ2n) is 7.71. The van der Waals surface area contributed by atoms with E-state index >= 15 is 0 Å². The molecule has 4 rings (SSSR count). The first-order valence-corrected chi connectivity index (χ1v) is 12.1. The number of thiazole rings is 1. The summed E-state index contributed by atoms with van der Waals surface area (Å²) in [6.45, 7) is 5.83. The molecule has 1 aliphatic rings. The molecule has 0 spiro atoms. The van der Waals surface area contributed by atoms with Crippen LogP contribution in [0.25, 0.3) is 10.2 Å². The van der Waals surface area contributed by atoms with E-state index in [0.717, 1.165) is 47.8 Å². The van der Waals surface area contributed by atoms with Crippen molar-refractivity contribution in [1.82, 2.24) is 9.29 Å². The Morgan fingerprint density at radius 3 is 2.42 bits per heavy atom. The molecule has 5 nitrogen and oxygen atoms in total. The Labute approximate surface area is 199 Å². The molecule has 0 unspecified atom stereocenters. The van der Waals surface area contributed by atoms with Crippen molar-refractivity contribution in [2.45, 2.75) is 37.9 Å². The van der Waals surface area contributed by atoms with Crippen molar-refractivity contribution in [3.8, 4) is 5.75 Å². The molecule has 1 N–H and O–H groups in total. The van der Waals surface area contributed by atoms with Gasteiger partial charge in [0.2, 0.25) is 0 Å². The summed E-state index contributed by atoms with van der Waals surface area (Å²) >= 11 is 3.19. The zero-order valence-corrected chi connectivity index (χ0v) is 20.2. The minimum absolute atomic E-state index is 0.134. The van der Waals surface area contributed by atoms with Crippen LogP contribution < -0.4 is 10.1 Å². The number of aromatic nitrogens is 1. The summed E-state index contributed by atoms with van der Waals surface area (Å²) in [4.78, 5) is 16.0. The predicted molar refractivity (Wildman–Crippen MR) is 128 cm³/mol. The highest BCUT2D eigenvalue weighted by atomic mass is 32.2. The standard InChI is InChI=1S/C13H14F3NO2S.C10H12N2S/c14-13(15,16)19-11-1-3-12(4-2-11)20-17-7-5-10(9-18)6-8-17;1-6-4-7(2)9-8(5-6)12-10(11-3)13-9/h1-4,9-10H,5-8H2;4-5H,1-3H3,(H,11,12). The topological polar surface area (TPSA) is 54.5 Å². The van der Waals surface area contributed by atoms with Gasteiger partial charge in [0.25, 0.3) is 0 Å². The van der Waals surface area contributed by atoms with Crippen LogP contribution in [0.15, 0.2) is 41.3 Å². The number of fused-ring (bicyclic) bond motifs is 1. The molecule has 3 aromatic rings. The van der Waals surface area contributed by atoms with Crippen molar-refractivity contribution in [1.29, 1.82) is 0 Å². The van der Waals surface area contributed by atoms with Crippen LogP contribution in [0, 0.1) is 19.8 Å². The third-order valence-electron chi connectivity index (χ3n) is 5.02. The molecule has 0 radical (unpaired) electrons. The summed E-state index contributed by atoms with van der Waals surface area (Å²) in [5.74, 6) is -0.0871. The Morgan fingerprint density at radius 1 is 1.18 bits per heavy atom. The number of nitrogens with one attached hydrogen (secondary N) is 1. The van der Waals surface area contributed by atoms with Crippen LogP contribution in [-0.2, 0) is 4.79 Å². The van der Waals surface area contributed by atoms with Crippen LogP contribution in [0.3, 0.4) is 0 Å². The minimum atomic E-state index is -4.66. The molecule has 178 valence electrons. The average Bonchev–Trinajstić information content (AvgIpc) is 3.19. The van der Waals surface area contributed by atoms with Crippen LogP contribution >= 0.6 is 23.3 Å². The van der Waals surface area contributed by atoms with Gasteiger partial charge in [0.1, 0.15) is 12.0 Å². The Bertz CT molecular complexity index is 1060. The second-order valence-corrected chi connectivity index (χ2v) is 9.88. The monoisotopic (exact) mass is 497 g/mol. The number of piperidine rings is 1. The fourth-order valence-electron chi connectivity index (χ4n) is 3.44. The zero-order chi connectivity index (χ0) is 24.0. The summed E-state index contributed by atoms with van der Waals surface area (Å²) < 4.78 is 43.3. The lowest BCUT2D eigenvalue weighted by molar-refractivity contribution is -0.274. The van der Waals surface area contributed by atoms with E-state index in [1.807, 2.05) is 7.05 Å². The number of aldehydes is 1. The lowest BCUT2D eigenvalue weighted by Gasteiger charge is -2.28. The van der Waals surface area contributed by atoms with E-state index in [-0.39, 0.29) is 11.7 Å². The zero-order valence-electron chi connectivity index (χ0n) is 18.6. The molecule has 2 heterocycles. The van der Waals surface area contributed by atoms with E-state index in [9.17, 15) is 18.0 Å². The van der Waals surface area contributed by atoms with E-state index < -0.39 is 6.36 Å². The van der Waals surface area contributed by atoms with Gasteiger partial charge in [0.15, 0.2) is 5.13 Å². The van der Waals surface area contributed by atoms with Gasteiger partial charge in [0.05, 0.1) is 10.2 Å². The van der Waals surface area contributed by atoms with Gasteiger partial charge >= 0.3 is 6.36 Å². The number of aryl methyl sites for hydroxylation is 2. The number of hydrogen-bond acceptors (Lipinski definition) is 7. The summed E-state index contributed by atoms with van der Waals surface area (Å²) in [6, 6.07) is 10.1. The average molecular weight is 498 g/mol. The summed E-state index contributed by atoms with van der Waals surface area (Å²) in [7, 11) is 1.90. The molecule has 2 aromatic carbocycles. The molecule has 0 aliphatic carbocycles. The molecule has 1 aliphatic heterocycles. The van der Waals surface area contributed by atoms with Crippen molar-refractivity contribution in [2.24, 2.45) is 5.92 Å². The number of ether oxygens (including phenoxy) is 1. The molecule has 0 amide bonds. The van der Waals surface area contributed by atoms with Gasteiger partial charge in [-0.15, -0.1) is 13.2 Å². The lowest BCUT2D eigenvalue weighted by Crippen LogP contribution is -2.28. The number of carbonyl (C=O) groups is 1. The molecule has 1 aromatic heterocycles. The normalized spacial score (nSPS) is 15.1. The smallest absolute Gasteiger partial charge is 0.406 e. The van der Waals surface area contributed by atoms with E-state index in [1.165, 1.54) is 39.9 Å². The number of hydrogen-bond donors (Lipinski definition) is 1. The van der Waals surface area contributed by atoms with E-state index in [1.54, 1.807) is 23.5 Å². The van der Waals surface area contributed by atoms with Gasteiger partial charge in [-0.3, -0.25) is 0 Å². The maximum atomic E-state index is 12.0. The molecule has 0 atom stereocenters. The summed E-state index contributed by atoms with van der Waals surface area (Å²) in [5, 5.41) is 4.06. The number of benzene rings is 2. The number of anilines is 1. The molecular formula is C23H26F3N3O2S2. The van der Waals surface area contributed by atoms with Gasteiger partial charge in [-0.05, 0) is 80.1 Å². The van der Waals surface area contributed by atoms with Gasteiger partial charge in [-0.1, -0.05) is 17.4 Å². The van der Waals surface area contributed by atoms with Crippen LogP contribution in [0.5, 0.6) is 5.75 Å². The number of halogens is 3. The maximum absolute atomic E-state index is 12.0. The SMILES string of the molecule is CNc1nc2cc(C)cc(C)c2s1.O=CC1CCN(Sc2ccc(OC(F)(F)F)cc2)CC1. The van der Waals surface area contributed by atoms with E-state index in [2.05, 4.69) is 45.3 Å². The first kappa shape index (κ1) is 25.3. The summed E-state index contributed by atoms with van der Waals surface area (Å²) in [5.41, 5.74) is 3.69. The molecule has 0 saturated carbocycles. The highest BCUT2D eigenvalue weighted by Crippen LogP contribution is 2.31. The molecule has 1 saturated heterocycles. The highest BCUT2D eigenvalue weighted by Gasteiger charge is 2.31. The first-order valence-electron chi connectivity index (χ1n) is 10.5. The largest absolute Gasteiger partial charge is 0.573 e. The molecular weight excluding hydrogens is 471 g/mol. The minimum Gasteiger partial charge on any atom is -0.406 e. The van der Waals surface area contributed by atoms with Gasteiger partial charge in [-0.2, -0.15) is 0 Å². The van der Waals surface area contributed by atoms with Crippen molar-refractivity contribution >= 4 is 44.9 Å². The fraction of sp³-hybridized carbons (Fsp3) is 0.391. The first-order chi connectivity index (χ1) is 15.7. The van der Waals surface area contributed by atoms with Gasteiger partial charge < -0.3 is 14.8 Å². The number of carbonyl (C=O) groups excluding carboxylic acids is 1. The van der Waals surface area contributed by atoms with Crippen molar-refractivity contribution in [3.63, 3.8) is 0 Å². The summed E-state index contributed by atoms with van der Waals surface area (Å²) in [6.07, 6.45) is -2.02. The highest BCUT2D eigenvalue weighted by molar-refractivity contribution is 7.97. The van der Waals surface area contributed by atoms with Crippen LogP contribution in [-0.4, -0.2) is 42.1 Å². The van der Waals surface area contributed by atoms with Gasteiger partial charge in [0, 0.05) is 31.0 Å². The third-order valence-corrected chi connectivity index (χ3v) is 7.35. The second kappa shape index (κ2) is 11.2. The molecule has 33 heavy (non-hydrogen) atoms. The van der Waals surface area contributed by atoms with Crippen molar-refractivity contribution in [3.05, 3.63) is 47.5 Å². The third kappa shape index (κ3) is 7.62. The Hall–Kier alpha value is -2.30. The van der Waals surface area contributed by atoms with Crippen LogP contribution in [0.1, 0.15) is 24.0 Å². The number of nitrogens with zero attached hydrogens (tertiary/aromatic N) is 2. The van der Waals surface area contributed by atoms with Crippen molar-refractivity contribution in [2.75, 3.05) is 25.5 Å². The van der Waals surface area contributed by atoms with Crippen LogP contribution in [0.4, 0.5) is 18.3 Å². The van der Waals surface area contributed by atoms with Gasteiger partial charge in [-0.25, -0.2) is 9.29 Å². The Kier molecular flexibility index (Phi) is 8.61. The van der Waals surface area contributed by atoms with E-state index in [4.69, 9.17) is 0 Å². The molecule has 0 bridgehead atoms. The quantitative estimate of drug-likeness (QED) is 0.323. The van der Waals surface area contributed by atoms with Crippen molar-refractivity contribution < 1.29 is 22.7 Å². The molecule has 1 fully saturated rings. The fourth-order valence-corrected chi connectivity index (χ4v) is 5.26. The van der Waals surface area contributed by atoms with E-state index in [0.29, 0.717) is 0 Å². The Morgan fingerprint density at radius 2 is 1.85 bits per heavy atom. The Balaban J connectivity index is 0.000000203. The number of alkyl halides is 3. The molecule has 10 heteroatoms. The van der Waals surface area contributed by atoms with Crippen LogP contribution in [0.2, 0.25) is 0 Å². The predicted octanol–water partition coefficient (Wildman–Crippen LogP) is 6.46. The number of rotatable bonds is 5. The lowest BCUT2D eigenvalue weighted by atomic mass is 10.0.